The van der Waals surface area contributed by atoms with Crippen LogP contribution in [0.25, 0.3) is 0 Å². The van der Waals surface area contributed by atoms with Crippen molar-refractivity contribution in [2.24, 2.45) is 5.92 Å². The van der Waals surface area contributed by atoms with E-state index in [0.29, 0.717) is 12.8 Å². The number of benzene rings is 1. The lowest BCUT2D eigenvalue weighted by Crippen LogP contribution is -2.32. The molecular formula is C13H17O2-. The monoisotopic (exact) mass is 205 g/mol. The highest BCUT2D eigenvalue weighted by Crippen LogP contribution is 2.14. The Bertz CT molecular complexity index is 293. The Hall–Kier alpha value is -1.31. The Labute approximate surface area is 90.9 Å². The fraction of sp³-hybridized carbons (Fsp3) is 0.462. The van der Waals surface area contributed by atoms with Crippen molar-refractivity contribution in [1.29, 1.82) is 0 Å². The first-order chi connectivity index (χ1) is 7.24. The molecule has 0 radical (unpaired) electrons. The molecule has 0 aliphatic heterocycles. The van der Waals surface area contributed by atoms with Gasteiger partial charge in [-0.25, -0.2) is 0 Å². The van der Waals surface area contributed by atoms with Gasteiger partial charge in [-0.05, 0) is 18.4 Å². The van der Waals surface area contributed by atoms with E-state index >= 15 is 0 Å². The van der Waals surface area contributed by atoms with Gasteiger partial charge < -0.3 is 9.90 Å². The molecule has 1 rings (SSSR count). The second-order valence-corrected chi connectivity index (χ2v) is 3.85. The van der Waals surface area contributed by atoms with Crippen LogP contribution in [-0.2, 0) is 11.2 Å². The van der Waals surface area contributed by atoms with Crippen molar-refractivity contribution in [1.82, 2.24) is 0 Å². The number of unbranched alkanes of at least 4 members (excludes halogenated alkanes) is 1. The summed E-state index contributed by atoms with van der Waals surface area (Å²) in [5.74, 6) is -1.26. The number of carbonyl (C=O) groups excluding carboxylic acids is 1. The molecule has 0 amide bonds. The standard InChI is InChI=1S/C13H18O2/c1-2-3-9-12(13(14)15)10-11-7-5-4-6-8-11/h4-8,12H,2-3,9-10H2,1H3,(H,14,15)/p-1. The minimum Gasteiger partial charge on any atom is -0.550 e. The van der Waals surface area contributed by atoms with Crippen molar-refractivity contribution in [3.8, 4) is 0 Å². The van der Waals surface area contributed by atoms with Gasteiger partial charge >= 0.3 is 0 Å². The fourth-order valence-corrected chi connectivity index (χ4v) is 1.65. The van der Waals surface area contributed by atoms with Crippen molar-refractivity contribution in [3.05, 3.63) is 35.9 Å². The van der Waals surface area contributed by atoms with E-state index in [-0.39, 0.29) is 5.92 Å². The van der Waals surface area contributed by atoms with Crippen LogP contribution >= 0.6 is 0 Å². The van der Waals surface area contributed by atoms with Crippen LogP contribution in [0.15, 0.2) is 30.3 Å². The Morgan fingerprint density at radius 2 is 2.00 bits per heavy atom. The number of rotatable bonds is 6. The van der Waals surface area contributed by atoms with Gasteiger partial charge in [0.1, 0.15) is 0 Å². The molecule has 2 nitrogen and oxygen atoms in total. The molecule has 0 spiro atoms. The number of carboxylic acids is 1. The summed E-state index contributed by atoms with van der Waals surface area (Å²) >= 11 is 0. The van der Waals surface area contributed by atoms with E-state index in [4.69, 9.17) is 0 Å². The number of carboxylic acid groups (broad SMARTS) is 1. The highest BCUT2D eigenvalue weighted by molar-refractivity contribution is 5.68. The largest absolute Gasteiger partial charge is 0.550 e. The Balaban J connectivity index is 2.55. The molecule has 1 aromatic rings. The van der Waals surface area contributed by atoms with E-state index in [0.717, 1.165) is 18.4 Å². The van der Waals surface area contributed by atoms with Crippen molar-refractivity contribution >= 4 is 5.97 Å². The quantitative estimate of drug-likeness (QED) is 0.710. The molecule has 1 aromatic carbocycles. The van der Waals surface area contributed by atoms with Crippen molar-refractivity contribution in [2.45, 2.75) is 32.6 Å². The van der Waals surface area contributed by atoms with E-state index in [1.54, 1.807) is 0 Å². The van der Waals surface area contributed by atoms with Crippen LogP contribution < -0.4 is 5.11 Å². The average Bonchev–Trinajstić information content (AvgIpc) is 2.25. The molecule has 0 N–H and O–H groups in total. The first-order valence-electron chi connectivity index (χ1n) is 5.48. The molecule has 0 bridgehead atoms. The van der Waals surface area contributed by atoms with Crippen molar-refractivity contribution in [3.63, 3.8) is 0 Å². The summed E-state index contributed by atoms with van der Waals surface area (Å²) < 4.78 is 0. The van der Waals surface area contributed by atoms with Crippen LogP contribution in [0.2, 0.25) is 0 Å². The van der Waals surface area contributed by atoms with Crippen LogP contribution in [-0.4, -0.2) is 5.97 Å². The lowest BCUT2D eigenvalue weighted by molar-refractivity contribution is -0.311. The average molecular weight is 205 g/mol. The maximum absolute atomic E-state index is 10.9. The van der Waals surface area contributed by atoms with Gasteiger partial charge in [0.05, 0.1) is 0 Å². The van der Waals surface area contributed by atoms with Crippen LogP contribution in [0.1, 0.15) is 31.7 Å². The minimum atomic E-state index is -0.924. The molecule has 1 atom stereocenters. The Morgan fingerprint density at radius 3 is 2.53 bits per heavy atom. The summed E-state index contributed by atoms with van der Waals surface area (Å²) in [6.45, 7) is 2.06. The van der Waals surface area contributed by atoms with Gasteiger partial charge in [0.25, 0.3) is 0 Å². The highest BCUT2D eigenvalue weighted by Gasteiger charge is 2.09. The molecular weight excluding hydrogens is 188 g/mol. The van der Waals surface area contributed by atoms with Gasteiger partial charge in [0.2, 0.25) is 0 Å². The van der Waals surface area contributed by atoms with Crippen LogP contribution in [0.3, 0.4) is 0 Å². The molecule has 0 saturated heterocycles. The van der Waals surface area contributed by atoms with E-state index < -0.39 is 5.97 Å². The second-order valence-electron chi connectivity index (χ2n) is 3.85. The number of carbonyl (C=O) groups is 1. The second kappa shape index (κ2) is 6.23. The van der Waals surface area contributed by atoms with Crippen LogP contribution in [0, 0.1) is 5.92 Å². The zero-order valence-electron chi connectivity index (χ0n) is 9.11. The maximum Gasteiger partial charge on any atom is 0.0448 e. The Kier molecular flexibility index (Phi) is 4.88. The van der Waals surface area contributed by atoms with E-state index in [9.17, 15) is 9.90 Å². The molecule has 82 valence electrons. The zero-order valence-corrected chi connectivity index (χ0v) is 9.11. The summed E-state index contributed by atoms with van der Waals surface area (Å²) in [5.41, 5.74) is 1.07. The topological polar surface area (TPSA) is 40.1 Å². The smallest absolute Gasteiger partial charge is 0.0448 e. The predicted octanol–water partition coefficient (Wildman–Crippen LogP) is 1.79. The van der Waals surface area contributed by atoms with Gasteiger partial charge in [-0.15, -0.1) is 0 Å². The summed E-state index contributed by atoms with van der Waals surface area (Å²) in [4.78, 5) is 10.9. The number of hydrogen-bond acceptors (Lipinski definition) is 2. The van der Waals surface area contributed by atoms with Gasteiger partial charge in [-0.2, -0.15) is 0 Å². The highest BCUT2D eigenvalue weighted by atomic mass is 16.4. The maximum atomic E-state index is 10.9. The van der Waals surface area contributed by atoms with Crippen LogP contribution in [0.4, 0.5) is 0 Å². The normalized spacial score (nSPS) is 12.3. The molecule has 0 fully saturated rings. The number of hydrogen-bond donors (Lipinski definition) is 0. The van der Waals surface area contributed by atoms with Gasteiger partial charge in [0.15, 0.2) is 0 Å². The third kappa shape index (κ3) is 4.15. The van der Waals surface area contributed by atoms with E-state index in [1.807, 2.05) is 30.3 Å². The molecule has 0 aliphatic carbocycles. The first-order valence-corrected chi connectivity index (χ1v) is 5.48. The molecule has 0 aromatic heterocycles. The van der Waals surface area contributed by atoms with Crippen molar-refractivity contribution in [2.75, 3.05) is 0 Å². The van der Waals surface area contributed by atoms with Gasteiger partial charge in [-0.3, -0.25) is 0 Å². The first kappa shape index (κ1) is 11.8. The van der Waals surface area contributed by atoms with Crippen molar-refractivity contribution < 1.29 is 9.90 Å². The zero-order chi connectivity index (χ0) is 11.1. The van der Waals surface area contributed by atoms with E-state index in [1.165, 1.54) is 0 Å². The fourth-order valence-electron chi connectivity index (χ4n) is 1.65. The molecule has 1 unspecified atom stereocenters. The summed E-state index contributed by atoms with van der Waals surface area (Å²) in [5, 5.41) is 10.9. The molecule has 0 aliphatic rings. The lowest BCUT2D eigenvalue weighted by Gasteiger charge is -2.17. The third-order valence-electron chi connectivity index (χ3n) is 2.56. The summed E-state index contributed by atoms with van der Waals surface area (Å²) in [7, 11) is 0. The molecule has 2 heteroatoms. The molecule has 0 saturated carbocycles. The van der Waals surface area contributed by atoms with E-state index in [2.05, 4.69) is 6.92 Å². The SMILES string of the molecule is CCCCC(Cc1ccccc1)C(=O)[O-]. The summed E-state index contributed by atoms with van der Waals surface area (Å²) in [6.07, 6.45) is 3.28. The lowest BCUT2D eigenvalue weighted by atomic mass is 9.94. The predicted molar refractivity (Wildman–Crippen MR) is 58.2 cm³/mol. The minimum absolute atomic E-state index is 0.340. The van der Waals surface area contributed by atoms with Gasteiger partial charge in [0, 0.05) is 11.9 Å². The molecule has 0 heterocycles. The summed E-state index contributed by atoms with van der Waals surface area (Å²) in [6, 6.07) is 9.72. The van der Waals surface area contributed by atoms with Gasteiger partial charge in [-0.1, -0.05) is 50.1 Å². The Morgan fingerprint density at radius 1 is 1.33 bits per heavy atom. The number of aliphatic carboxylic acids is 1. The van der Waals surface area contributed by atoms with Crippen LogP contribution in [0.5, 0.6) is 0 Å². The molecule has 15 heavy (non-hydrogen) atoms. The third-order valence-corrected chi connectivity index (χ3v) is 2.56.